The van der Waals surface area contributed by atoms with Gasteiger partial charge in [0.1, 0.15) is 5.54 Å². The van der Waals surface area contributed by atoms with Crippen molar-refractivity contribution < 1.29 is 9.59 Å². The van der Waals surface area contributed by atoms with Crippen LogP contribution < -0.4 is 5.32 Å². The van der Waals surface area contributed by atoms with Gasteiger partial charge in [0, 0.05) is 10.8 Å². The van der Waals surface area contributed by atoms with Crippen molar-refractivity contribution in [1.82, 2.24) is 15.2 Å². The summed E-state index contributed by atoms with van der Waals surface area (Å²) in [4.78, 5) is 30.5. The molecule has 3 amide bonds. The Morgan fingerprint density at radius 1 is 1.43 bits per heavy atom. The highest BCUT2D eigenvalue weighted by molar-refractivity contribution is 7.09. The minimum absolute atomic E-state index is 0.0112. The predicted octanol–water partition coefficient (Wildman–Crippen LogP) is 2.66. The average Bonchev–Trinajstić information content (AvgIpc) is 3.08. The quantitative estimate of drug-likeness (QED) is 0.873. The molecule has 3 rings (SSSR count). The summed E-state index contributed by atoms with van der Waals surface area (Å²) in [6.07, 6.45) is 2.03. The zero-order chi connectivity index (χ0) is 15.4. The highest BCUT2D eigenvalue weighted by Crippen LogP contribution is 2.42. The van der Waals surface area contributed by atoms with Gasteiger partial charge in [-0.05, 0) is 25.7 Å². The molecule has 1 aromatic rings. The number of nitrogens with zero attached hydrogens (tertiary/aromatic N) is 2. The van der Waals surface area contributed by atoms with Crippen molar-refractivity contribution in [1.29, 1.82) is 0 Å². The average molecular weight is 307 g/mol. The second-order valence-corrected chi connectivity index (χ2v) is 8.05. The van der Waals surface area contributed by atoms with E-state index in [2.05, 4.69) is 31.1 Å². The molecule has 1 aliphatic carbocycles. The molecule has 2 heterocycles. The highest BCUT2D eigenvalue weighted by Gasteiger charge is 2.55. The van der Waals surface area contributed by atoms with Crippen molar-refractivity contribution in [2.45, 2.75) is 58.0 Å². The second-order valence-electron chi connectivity index (χ2n) is 7.19. The van der Waals surface area contributed by atoms with Crippen LogP contribution in [0.3, 0.4) is 0 Å². The fourth-order valence-corrected chi connectivity index (χ4v) is 3.58. The van der Waals surface area contributed by atoms with E-state index >= 15 is 0 Å². The van der Waals surface area contributed by atoms with E-state index in [0.717, 1.165) is 23.5 Å². The number of imide groups is 1. The molecule has 1 aliphatic heterocycles. The van der Waals surface area contributed by atoms with E-state index in [1.165, 1.54) is 4.90 Å². The number of hydrogen-bond donors (Lipinski definition) is 1. The van der Waals surface area contributed by atoms with Gasteiger partial charge in [-0.3, -0.25) is 9.69 Å². The number of thiazole rings is 1. The van der Waals surface area contributed by atoms with Crippen LogP contribution in [0.15, 0.2) is 5.38 Å². The second kappa shape index (κ2) is 4.53. The predicted molar refractivity (Wildman–Crippen MR) is 81.0 cm³/mol. The molecule has 6 heteroatoms. The van der Waals surface area contributed by atoms with Crippen LogP contribution in [0.25, 0.3) is 0 Å². The molecule has 1 atom stereocenters. The number of nitrogens with one attached hydrogen (secondary N) is 1. The molecule has 114 valence electrons. The zero-order valence-electron chi connectivity index (χ0n) is 12.9. The maximum absolute atomic E-state index is 12.5. The summed E-state index contributed by atoms with van der Waals surface area (Å²) in [7, 11) is 0. The van der Waals surface area contributed by atoms with E-state index in [1.807, 2.05) is 12.3 Å². The molecule has 2 aliphatic rings. The first kappa shape index (κ1) is 14.5. The van der Waals surface area contributed by atoms with Gasteiger partial charge >= 0.3 is 6.03 Å². The maximum Gasteiger partial charge on any atom is 0.325 e. The van der Waals surface area contributed by atoms with Gasteiger partial charge in [-0.25, -0.2) is 9.78 Å². The van der Waals surface area contributed by atoms with Crippen molar-refractivity contribution in [3.8, 4) is 0 Å². The standard InChI is InChI=1S/C15H21N3O2S/c1-14(2,3)11-16-10(8-21-11)7-18-12(19)15(4,9-5-6-9)17-13(18)20/h8-9H,5-7H2,1-4H3,(H,17,20). The molecule has 0 aromatic carbocycles. The lowest BCUT2D eigenvalue weighted by molar-refractivity contribution is -0.131. The smallest absolute Gasteiger partial charge is 0.323 e. The van der Waals surface area contributed by atoms with E-state index in [-0.39, 0.29) is 23.9 Å². The number of urea groups is 1. The van der Waals surface area contributed by atoms with Crippen LogP contribution in [-0.2, 0) is 16.8 Å². The Balaban J connectivity index is 1.77. The summed E-state index contributed by atoms with van der Waals surface area (Å²) >= 11 is 1.58. The van der Waals surface area contributed by atoms with Crippen LogP contribution in [0.1, 0.15) is 51.2 Å². The SMILES string of the molecule is CC(C)(C)c1nc(CN2C(=O)NC(C)(C3CC3)C2=O)cs1. The van der Waals surface area contributed by atoms with E-state index in [4.69, 9.17) is 0 Å². The molecule has 1 unspecified atom stereocenters. The summed E-state index contributed by atoms with van der Waals surface area (Å²) < 4.78 is 0. The first-order chi connectivity index (χ1) is 9.72. The lowest BCUT2D eigenvalue weighted by atomic mass is 9.96. The summed E-state index contributed by atoms with van der Waals surface area (Å²) in [6.45, 7) is 8.42. The Hall–Kier alpha value is -1.43. The lowest BCUT2D eigenvalue weighted by Gasteiger charge is -2.20. The monoisotopic (exact) mass is 307 g/mol. The first-order valence-electron chi connectivity index (χ1n) is 7.31. The Morgan fingerprint density at radius 2 is 2.10 bits per heavy atom. The molecule has 1 aromatic heterocycles. The van der Waals surface area contributed by atoms with Crippen LogP contribution in [0.5, 0.6) is 0 Å². The molecular formula is C15H21N3O2S. The fraction of sp³-hybridized carbons (Fsp3) is 0.667. The molecule has 1 saturated carbocycles. The number of aromatic nitrogens is 1. The largest absolute Gasteiger partial charge is 0.325 e. The fourth-order valence-electron chi connectivity index (χ4n) is 2.68. The number of hydrogen-bond acceptors (Lipinski definition) is 4. The van der Waals surface area contributed by atoms with Gasteiger partial charge in [-0.15, -0.1) is 11.3 Å². The van der Waals surface area contributed by atoms with Crippen LogP contribution >= 0.6 is 11.3 Å². The van der Waals surface area contributed by atoms with E-state index < -0.39 is 5.54 Å². The van der Waals surface area contributed by atoms with E-state index in [0.29, 0.717) is 5.92 Å². The Morgan fingerprint density at radius 3 is 2.62 bits per heavy atom. The number of carbonyl (C=O) groups excluding carboxylic acids is 2. The third-order valence-electron chi connectivity index (χ3n) is 4.21. The van der Waals surface area contributed by atoms with E-state index in [9.17, 15) is 9.59 Å². The maximum atomic E-state index is 12.5. The summed E-state index contributed by atoms with van der Waals surface area (Å²) in [5.41, 5.74) is 0.0661. The Kier molecular flexibility index (Phi) is 3.13. The molecule has 1 saturated heterocycles. The van der Waals surface area contributed by atoms with Gasteiger partial charge in [0.05, 0.1) is 17.2 Å². The van der Waals surface area contributed by atoms with Gasteiger partial charge < -0.3 is 5.32 Å². The van der Waals surface area contributed by atoms with Crippen molar-refractivity contribution in [3.63, 3.8) is 0 Å². The van der Waals surface area contributed by atoms with Gasteiger partial charge in [-0.2, -0.15) is 0 Å². The third-order valence-corrected chi connectivity index (χ3v) is 5.53. The van der Waals surface area contributed by atoms with Crippen LogP contribution in [0, 0.1) is 5.92 Å². The molecule has 1 N–H and O–H groups in total. The third kappa shape index (κ3) is 2.46. The van der Waals surface area contributed by atoms with Gasteiger partial charge in [0.15, 0.2) is 0 Å². The molecule has 0 radical (unpaired) electrons. The Bertz CT molecular complexity index is 600. The van der Waals surface area contributed by atoms with Crippen molar-refractivity contribution >= 4 is 23.3 Å². The lowest BCUT2D eigenvalue weighted by Crippen LogP contribution is -2.46. The van der Waals surface area contributed by atoms with Crippen LogP contribution in [-0.4, -0.2) is 27.4 Å². The molecule has 0 bridgehead atoms. The molecule has 21 heavy (non-hydrogen) atoms. The first-order valence-corrected chi connectivity index (χ1v) is 8.19. The van der Waals surface area contributed by atoms with E-state index in [1.54, 1.807) is 11.3 Å². The number of amides is 3. The Labute approximate surface area is 128 Å². The van der Waals surface area contributed by atoms with Crippen LogP contribution in [0.4, 0.5) is 4.79 Å². The number of rotatable bonds is 3. The van der Waals surface area contributed by atoms with Crippen LogP contribution in [0.2, 0.25) is 0 Å². The highest BCUT2D eigenvalue weighted by atomic mass is 32.1. The summed E-state index contributed by atoms with van der Waals surface area (Å²) in [6, 6.07) is -0.292. The van der Waals surface area contributed by atoms with Gasteiger partial charge in [-0.1, -0.05) is 20.8 Å². The topological polar surface area (TPSA) is 62.3 Å². The summed E-state index contributed by atoms with van der Waals surface area (Å²) in [5.74, 6) is 0.180. The van der Waals surface area contributed by atoms with Crippen molar-refractivity contribution in [3.05, 3.63) is 16.1 Å². The number of carbonyl (C=O) groups is 2. The van der Waals surface area contributed by atoms with Crippen molar-refractivity contribution in [2.24, 2.45) is 5.92 Å². The summed E-state index contributed by atoms with van der Waals surface area (Å²) in [5, 5.41) is 5.82. The molecular weight excluding hydrogens is 286 g/mol. The molecule has 0 spiro atoms. The molecule has 5 nitrogen and oxygen atoms in total. The molecule has 2 fully saturated rings. The zero-order valence-corrected chi connectivity index (χ0v) is 13.7. The van der Waals surface area contributed by atoms with Gasteiger partial charge in [0.2, 0.25) is 0 Å². The minimum atomic E-state index is -0.708. The van der Waals surface area contributed by atoms with Gasteiger partial charge in [0.25, 0.3) is 5.91 Å². The minimum Gasteiger partial charge on any atom is -0.323 e. The van der Waals surface area contributed by atoms with Crippen molar-refractivity contribution in [2.75, 3.05) is 0 Å². The normalized spacial score (nSPS) is 26.4.